The maximum absolute atomic E-state index is 14.6. The molecule has 0 aliphatic heterocycles. The molecule has 3 N–H and O–H groups in total. The average Bonchev–Trinajstić information content (AvgIpc) is 3.25. The van der Waals surface area contributed by atoms with Crippen molar-refractivity contribution in [3.05, 3.63) is 96.7 Å². The first-order valence-electron chi connectivity index (χ1n) is 10.2. The minimum atomic E-state index is -0.529. The fraction of sp³-hybridized carbons (Fsp3) is 0.0400. The van der Waals surface area contributed by atoms with Crippen molar-refractivity contribution in [2.75, 3.05) is 16.0 Å². The molecule has 2 aromatic carbocycles. The Morgan fingerprint density at radius 3 is 2.65 bits per heavy atom. The van der Waals surface area contributed by atoms with Crippen molar-refractivity contribution in [2.24, 2.45) is 7.05 Å². The number of aromatic nitrogens is 4. The maximum Gasteiger partial charge on any atom is 0.247 e. The zero-order valence-electron chi connectivity index (χ0n) is 18.2. The Kier molecular flexibility index (Phi) is 6.60. The van der Waals surface area contributed by atoms with Crippen LogP contribution in [0.4, 0.5) is 33.2 Å². The molecule has 0 unspecified atom stereocenters. The Morgan fingerprint density at radius 1 is 1.09 bits per heavy atom. The molecule has 0 spiro atoms. The molecule has 168 valence electrons. The first-order chi connectivity index (χ1) is 16.5. The van der Waals surface area contributed by atoms with Gasteiger partial charge in [-0.3, -0.25) is 9.48 Å². The lowest BCUT2D eigenvalue weighted by molar-refractivity contribution is -0.111. The van der Waals surface area contributed by atoms with E-state index in [1.54, 1.807) is 30.3 Å². The number of halogens is 1. The number of carbonyl (C=O) groups is 1. The number of nitrogens with zero attached hydrogens (tertiary/aromatic N) is 4. The van der Waals surface area contributed by atoms with Gasteiger partial charge in [-0.15, -0.1) is 0 Å². The van der Waals surface area contributed by atoms with Gasteiger partial charge in [-0.2, -0.15) is 10.1 Å². The quantitative estimate of drug-likeness (QED) is 0.297. The Bertz CT molecular complexity index is 1400. The number of rotatable bonds is 6. The van der Waals surface area contributed by atoms with Crippen LogP contribution >= 0.6 is 0 Å². The summed E-state index contributed by atoms with van der Waals surface area (Å²) in [7, 11) is 1.79. The molecule has 4 aromatic rings. The third kappa shape index (κ3) is 5.63. The summed E-state index contributed by atoms with van der Waals surface area (Å²) in [6, 6.07) is 13.6. The molecule has 8 nitrogen and oxygen atoms in total. The van der Waals surface area contributed by atoms with Crippen LogP contribution in [0.3, 0.4) is 0 Å². The zero-order chi connectivity index (χ0) is 23.9. The smallest absolute Gasteiger partial charge is 0.247 e. The number of anilines is 5. The number of nitrogens with one attached hydrogen (secondary N) is 3. The van der Waals surface area contributed by atoms with Gasteiger partial charge in [0.05, 0.1) is 29.3 Å². The highest BCUT2D eigenvalue weighted by Crippen LogP contribution is 2.26. The molecule has 34 heavy (non-hydrogen) atoms. The molecule has 1 amide bonds. The second-order valence-corrected chi connectivity index (χ2v) is 7.11. The molecular weight excluding hydrogens is 433 g/mol. The van der Waals surface area contributed by atoms with Crippen LogP contribution < -0.4 is 16.0 Å². The Labute approximate surface area is 195 Å². The monoisotopic (exact) mass is 453 g/mol. The lowest BCUT2D eigenvalue weighted by Crippen LogP contribution is -2.08. The summed E-state index contributed by atoms with van der Waals surface area (Å²) in [5, 5.41) is 12.7. The molecule has 0 saturated carbocycles. The Balaban J connectivity index is 1.70. The van der Waals surface area contributed by atoms with Crippen molar-refractivity contribution in [3.63, 3.8) is 0 Å². The molecule has 0 bridgehead atoms. The van der Waals surface area contributed by atoms with E-state index >= 15 is 0 Å². The molecule has 0 fully saturated rings. The third-order valence-corrected chi connectivity index (χ3v) is 4.54. The lowest BCUT2D eigenvalue weighted by atomic mass is 10.2. The topological polar surface area (TPSA) is 96.8 Å². The largest absolute Gasteiger partial charge is 0.337 e. The highest BCUT2D eigenvalue weighted by atomic mass is 19.1. The predicted octanol–water partition coefficient (Wildman–Crippen LogP) is 4.36. The van der Waals surface area contributed by atoms with Gasteiger partial charge in [-0.25, -0.2) is 9.37 Å². The van der Waals surface area contributed by atoms with E-state index in [0.717, 1.165) is 11.6 Å². The van der Waals surface area contributed by atoms with Gasteiger partial charge < -0.3 is 16.0 Å². The van der Waals surface area contributed by atoms with Crippen LogP contribution in [0, 0.1) is 17.7 Å². The van der Waals surface area contributed by atoms with Gasteiger partial charge in [0.25, 0.3) is 0 Å². The van der Waals surface area contributed by atoms with Crippen LogP contribution in [-0.2, 0) is 11.8 Å². The van der Waals surface area contributed by atoms with Crippen molar-refractivity contribution in [2.45, 2.75) is 0 Å². The van der Waals surface area contributed by atoms with Gasteiger partial charge in [0.2, 0.25) is 11.9 Å². The van der Waals surface area contributed by atoms with E-state index in [0.29, 0.717) is 16.9 Å². The number of carbonyl (C=O) groups excluding carboxylic acids is 1. The van der Waals surface area contributed by atoms with Crippen LogP contribution in [0.2, 0.25) is 0 Å². The van der Waals surface area contributed by atoms with E-state index < -0.39 is 11.7 Å². The molecule has 9 heteroatoms. The van der Waals surface area contributed by atoms with Crippen LogP contribution in [0.25, 0.3) is 0 Å². The van der Waals surface area contributed by atoms with Crippen LogP contribution in [0.5, 0.6) is 0 Å². The summed E-state index contributed by atoms with van der Waals surface area (Å²) in [5.74, 6) is 5.72. The number of amides is 1. The van der Waals surface area contributed by atoms with E-state index in [2.05, 4.69) is 49.4 Å². The summed E-state index contributed by atoms with van der Waals surface area (Å²) >= 11 is 0. The van der Waals surface area contributed by atoms with Gasteiger partial charge in [0.15, 0.2) is 5.82 Å². The van der Waals surface area contributed by atoms with E-state index in [-0.39, 0.29) is 17.5 Å². The molecule has 4 rings (SSSR count). The van der Waals surface area contributed by atoms with Gasteiger partial charge in [0, 0.05) is 24.5 Å². The number of benzene rings is 2. The van der Waals surface area contributed by atoms with E-state index in [4.69, 9.17) is 0 Å². The standard InChI is InChI=1S/C25H20FN7O/c1-3-23(34)29-19-11-12-21(26)22(13-19)31-24-18(10-9-17-7-5-4-6-8-17)14-27-25(32-24)30-20-15-28-33(2)16-20/h3-8,11-16H,1H2,2H3,(H,29,34)(H2,27,30,31,32). The summed E-state index contributed by atoms with van der Waals surface area (Å²) in [4.78, 5) is 20.4. The van der Waals surface area contributed by atoms with Gasteiger partial charge in [-0.1, -0.05) is 36.6 Å². The summed E-state index contributed by atoms with van der Waals surface area (Å²) in [6.07, 6.45) is 6.08. The maximum atomic E-state index is 14.6. The average molecular weight is 453 g/mol. The fourth-order valence-electron chi connectivity index (χ4n) is 2.92. The molecule has 0 atom stereocenters. The number of hydrogen-bond donors (Lipinski definition) is 3. The second-order valence-electron chi connectivity index (χ2n) is 7.11. The van der Waals surface area contributed by atoms with Crippen molar-refractivity contribution in [3.8, 4) is 11.8 Å². The minimum Gasteiger partial charge on any atom is -0.337 e. The molecule has 0 radical (unpaired) electrons. The van der Waals surface area contributed by atoms with Crippen molar-refractivity contribution in [1.82, 2.24) is 19.7 Å². The number of aryl methyl sites for hydroxylation is 1. The first-order valence-corrected chi connectivity index (χ1v) is 10.2. The van der Waals surface area contributed by atoms with E-state index in [9.17, 15) is 9.18 Å². The van der Waals surface area contributed by atoms with Gasteiger partial charge >= 0.3 is 0 Å². The van der Waals surface area contributed by atoms with Gasteiger partial charge in [-0.05, 0) is 36.4 Å². The second kappa shape index (κ2) is 10.1. The van der Waals surface area contributed by atoms with Crippen molar-refractivity contribution in [1.29, 1.82) is 0 Å². The number of hydrogen-bond acceptors (Lipinski definition) is 6. The molecule has 2 heterocycles. The molecule has 0 saturated heterocycles. The molecule has 0 aliphatic rings. The van der Waals surface area contributed by atoms with Gasteiger partial charge in [0.1, 0.15) is 5.82 Å². The fourth-order valence-corrected chi connectivity index (χ4v) is 2.92. The predicted molar refractivity (Wildman–Crippen MR) is 129 cm³/mol. The molecular formula is C25H20FN7O. The highest BCUT2D eigenvalue weighted by molar-refractivity contribution is 5.99. The zero-order valence-corrected chi connectivity index (χ0v) is 18.2. The summed E-state index contributed by atoms with van der Waals surface area (Å²) < 4.78 is 16.2. The lowest BCUT2D eigenvalue weighted by Gasteiger charge is -2.12. The molecule has 2 aromatic heterocycles. The van der Waals surface area contributed by atoms with E-state index in [1.165, 1.54) is 18.2 Å². The Hall–Kier alpha value is -4.97. The summed E-state index contributed by atoms with van der Waals surface area (Å²) in [6.45, 7) is 3.42. The normalized spacial score (nSPS) is 10.1. The molecule has 0 aliphatic carbocycles. The van der Waals surface area contributed by atoms with Crippen molar-refractivity contribution >= 4 is 34.7 Å². The Morgan fingerprint density at radius 2 is 1.91 bits per heavy atom. The van der Waals surface area contributed by atoms with Crippen LogP contribution in [-0.4, -0.2) is 25.7 Å². The first kappa shape index (κ1) is 22.2. The SMILES string of the molecule is C=CC(=O)Nc1ccc(F)c(Nc2nc(Nc3cnn(C)c3)ncc2C#Cc2ccccc2)c1. The van der Waals surface area contributed by atoms with E-state index in [1.807, 2.05) is 30.3 Å². The van der Waals surface area contributed by atoms with Crippen LogP contribution in [0.15, 0.2) is 79.8 Å². The minimum absolute atomic E-state index is 0.107. The summed E-state index contributed by atoms with van der Waals surface area (Å²) in [5.41, 5.74) is 2.47. The van der Waals surface area contributed by atoms with Crippen LogP contribution in [0.1, 0.15) is 11.1 Å². The highest BCUT2D eigenvalue weighted by Gasteiger charge is 2.11. The van der Waals surface area contributed by atoms with Crippen molar-refractivity contribution < 1.29 is 9.18 Å². The third-order valence-electron chi connectivity index (χ3n) is 4.54.